The number of aromatic nitrogens is 2. The Bertz CT molecular complexity index is 814. The highest BCUT2D eigenvalue weighted by molar-refractivity contribution is 6.31. The first-order chi connectivity index (χ1) is 10.1. The zero-order valence-corrected chi connectivity index (χ0v) is 12.4. The van der Waals surface area contributed by atoms with E-state index < -0.39 is 0 Å². The second-order valence-corrected chi connectivity index (χ2v) is 4.91. The number of nitrogens with two attached hydrogens (primary N) is 1. The number of nitrogen functional groups attached to an aromatic ring is 1. The monoisotopic (exact) mass is 303 g/mol. The van der Waals surface area contributed by atoms with E-state index in [0.717, 1.165) is 16.7 Å². The summed E-state index contributed by atoms with van der Waals surface area (Å²) in [6.45, 7) is 0. The number of ether oxygens (including phenoxy) is 2. The molecule has 2 aromatic carbocycles. The molecule has 21 heavy (non-hydrogen) atoms. The van der Waals surface area contributed by atoms with Gasteiger partial charge in [-0.1, -0.05) is 11.6 Å². The molecule has 0 saturated carbocycles. The second kappa shape index (κ2) is 5.18. The van der Waals surface area contributed by atoms with Gasteiger partial charge in [0.15, 0.2) is 0 Å². The van der Waals surface area contributed by atoms with Gasteiger partial charge in [0.2, 0.25) is 5.95 Å². The molecule has 0 atom stereocenters. The number of fused-ring (bicyclic) bond motifs is 1. The average Bonchev–Trinajstić information content (AvgIpc) is 2.81. The highest BCUT2D eigenvalue weighted by Gasteiger charge is 2.15. The summed E-state index contributed by atoms with van der Waals surface area (Å²) < 4.78 is 12.4. The highest BCUT2D eigenvalue weighted by Crippen LogP contribution is 2.33. The molecule has 0 unspecified atom stereocenters. The molecule has 0 aliphatic rings. The van der Waals surface area contributed by atoms with Gasteiger partial charge in [0, 0.05) is 11.1 Å². The zero-order chi connectivity index (χ0) is 15.0. The lowest BCUT2D eigenvalue weighted by Gasteiger charge is -2.13. The van der Waals surface area contributed by atoms with E-state index in [1.165, 1.54) is 0 Å². The van der Waals surface area contributed by atoms with Crippen molar-refractivity contribution in [3.05, 3.63) is 41.4 Å². The van der Waals surface area contributed by atoms with E-state index in [1.54, 1.807) is 30.9 Å². The molecule has 0 aliphatic carbocycles. The number of halogens is 1. The lowest BCUT2D eigenvalue weighted by Crippen LogP contribution is -2.03. The van der Waals surface area contributed by atoms with E-state index in [0.29, 0.717) is 22.5 Å². The predicted octanol–water partition coefficient (Wildman–Crippen LogP) is 3.28. The standard InChI is InChI=1S/C15H14ClN3O2/c1-20-10-4-6-12(14(8-10)21-2)19-13-7-9(16)3-5-11(13)18-15(19)17/h3-8H,1-2H3,(H2,17,18). The van der Waals surface area contributed by atoms with Crippen LogP contribution >= 0.6 is 11.6 Å². The van der Waals surface area contributed by atoms with Crippen LogP contribution in [0.1, 0.15) is 0 Å². The number of anilines is 1. The third kappa shape index (κ3) is 2.25. The molecule has 0 saturated heterocycles. The van der Waals surface area contributed by atoms with Crippen LogP contribution in [0.25, 0.3) is 16.7 Å². The third-order valence-electron chi connectivity index (χ3n) is 3.27. The summed E-state index contributed by atoms with van der Waals surface area (Å²) in [7, 11) is 3.20. The van der Waals surface area contributed by atoms with Crippen molar-refractivity contribution in [3.8, 4) is 17.2 Å². The topological polar surface area (TPSA) is 62.3 Å². The van der Waals surface area contributed by atoms with Gasteiger partial charge in [-0.2, -0.15) is 0 Å². The molecular formula is C15H14ClN3O2. The molecule has 108 valence electrons. The summed E-state index contributed by atoms with van der Waals surface area (Å²) in [5, 5.41) is 0.621. The molecule has 3 rings (SSSR count). The molecule has 3 aromatic rings. The van der Waals surface area contributed by atoms with Crippen LogP contribution in [0.15, 0.2) is 36.4 Å². The first kappa shape index (κ1) is 13.6. The van der Waals surface area contributed by atoms with Gasteiger partial charge in [-0.15, -0.1) is 0 Å². The van der Waals surface area contributed by atoms with Crippen LogP contribution < -0.4 is 15.2 Å². The van der Waals surface area contributed by atoms with Gasteiger partial charge in [-0.05, 0) is 30.3 Å². The minimum Gasteiger partial charge on any atom is -0.497 e. The second-order valence-electron chi connectivity index (χ2n) is 4.48. The SMILES string of the molecule is COc1ccc(-n2c(N)nc3ccc(Cl)cc32)c(OC)c1. The van der Waals surface area contributed by atoms with Gasteiger partial charge in [0.1, 0.15) is 11.5 Å². The fourth-order valence-electron chi connectivity index (χ4n) is 2.29. The van der Waals surface area contributed by atoms with Crippen LogP contribution in [0.4, 0.5) is 5.95 Å². The largest absolute Gasteiger partial charge is 0.497 e. The Hall–Kier alpha value is -2.40. The minimum atomic E-state index is 0.371. The lowest BCUT2D eigenvalue weighted by atomic mass is 10.2. The minimum absolute atomic E-state index is 0.371. The molecule has 1 heterocycles. The fourth-order valence-corrected chi connectivity index (χ4v) is 2.46. The fraction of sp³-hybridized carbons (Fsp3) is 0.133. The first-order valence-corrected chi connectivity index (χ1v) is 6.67. The normalized spacial score (nSPS) is 10.8. The van der Waals surface area contributed by atoms with Gasteiger partial charge in [0.25, 0.3) is 0 Å². The van der Waals surface area contributed by atoms with Crippen LogP contribution in [-0.2, 0) is 0 Å². The zero-order valence-electron chi connectivity index (χ0n) is 11.6. The molecule has 0 amide bonds. The Morgan fingerprint density at radius 2 is 1.90 bits per heavy atom. The molecule has 0 radical (unpaired) electrons. The third-order valence-corrected chi connectivity index (χ3v) is 3.51. The molecule has 0 fully saturated rings. The maximum atomic E-state index is 6.08. The maximum Gasteiger partial charge on any atom is 0.206 e. The van der Waals surface area contributed by atoms with Crippen molar-refractivity contribution in [1.82, 2.24) is 9.55 Å². The first-order valence-electron chi connectivity index (χ1n) is 6.30. The lowest BCUT2D eigenvalue weighted by molar-refractivity contribution is 0.393. The quantitative estimate of drug-likeness (QED) is 0.806. The molecule has 6 heteroatoms. The molecule has 5 nitrogen and oxygen atoms in total. The summed E-state index contributed by atoms with van der Waals surface area (Å²) in [4.78, 5) is 4.34. The van der Waals surface area contributed by atoms with Gasteiger partial charge in [-0.3, -0.25) is 4.57 Å². The average molecular weight is 304 g/mol. The molecule has 2 N–H and O–H groups in total. The molecule has 0 aliphatic heterocycles. The summed E-state index contributed by atoms with van der Waals surface area (Å²) in [5.41, 5.74) is 8.43. The van der Waals surface area contributed by atoms with Gasteiger partial charge >= 0.3 is 0 Å². The van der Waals surface area contributed by atoms with E-state index in [2.05, 4.69) is 4.98 Å². The number of nitrogens with zero attached hydrogens (tertiary/aromatic N) is 2. The van der Waals surface area contributed by atoms with Crippen molar-refractivity contribution >= 4 is 28.6 Å². The van der Waals surface area contributed by atoms with Crippen LogP contribution in [0.3, 0.4) is 0 Å². The number of methoxy groups -OCH3 is 2. The smallest absolute Gasteiger partial charge is 0.206 e. The molecule has 0 spiro atoms. The van der Waals surface area contributed by atoms with Crippen molar-refractivity contribution in [2.45, 2.75) is 0 Å². The predicted molar refractivity (Wildman–Crippen MR) is 83.6 cm³/mol. The summed E-state index contributed by atoms with van der Waals surface area (Å²) in [6, 6.07) is 10.9. The Kier molecular flexibility index (Phi) is 3.35. The van der Waals surface area contributed by atoms with E-state index in [1.807, 2.05) is 24.3 Å². The Morgan fingerprint density at radius 1 is 1.10 bits per heavy atom. The van der Waals surface area contributed by atoms with Gasteiger partial charge in [0.05, 0.1) is 30.9 Å². The Labute approximate surface area is 126 Å². The van der Waals surface area contributed by atoms with Crippen molar-refractivity contribution in [3.63, 3.8) is 0 Å². The van der Waals surface area contributed by atoms with E-state index in [9.17, 15) is 0 Å². The van der Waals surface area contributed by atoms with Crippen molar-refractivity contribution in [2.75, 3.05) is 20.0 Å². The van der Waals surface area contributed by atoms with Crippen LogP contribution in [0, 0.1) is 0 Å². The Balaban J connectivity index is 2.29. The van der Waals surface area contributed by atoms with Crippen molar-refractivity contribution in [2.24, 2.45) is 0 Å². The molecular weight excluding hydrogens is 290 g/mol. The van der Waals surface area contributed by atoms with Crippen molar-refractivity contribution < 1.29 is 9.47 Å². The summed E-state index contributed by atoms with van der Waals surface area (Å²) in [6.07, 6.45) is 0. The van der Waals surface area contributed by atoms with E-state index in [4.69, 9.17) is 26.8 Å². The molecule has 0 bridgehead atoms. The number of hydrogen-bond acceptors (Lipinski definition) is 4. The van der Waals surface area contributed by atoms with E-state index in [-0.39, 0.29) is 0 Å². The number of hydrogen-bond donors (Lipinski definition) is 1. The van der Waals surface area contributed by atoms with Gasteiger partial charge < -0.3 is 15.2 Å². The van der Waals surface area contributed by atoms with Crippen molar-refractivity contribution in [1.29, 1.82) is 0 Å². The summed E-state index contributed by atoms with van der Waals surface area (Å²) in [5.74, 6) is 1.72. The number of imidazole rings is 1. The highest BCUT2D eigenvalue weighted by atomic mass is 35.5. The van der Waals surface area contributed by atoms with Gasteiger partial charge in [-0.25, -0.2) is 4.98 Å². The van der Waals surface area contributed by atoms with E-state index >= 15 is 0 Å². The number of rotatable bonds is 3. The van der Waals surface area contributed by atoms with Crippen LogP contribution in [0.2, 0.25) is 5.02 Å². The molecule has 1 aromatic heterocycles. The van der Waals surface area contributed by atoms with Crippen LogP contribution in [0.5, 0.6) is 11.5 Å². The maximum absolute atomic E-state index is 6.08. The summed E-state index contributed by atoms with van der Waals surface area (Å²) >= 11 is 6.08. The number of benzene rings is 2. The van der Waals surface area contributed by atoms with Crippen LogP contribution in [-0.4, -0.2) is 23.8 Å². The Morgan fingerprint density at radius 3 is 2.62 bits per heavy atom.